The second-order valence-corrected chi connectivity index (χ2v) is 6.12. The molecule has 4 nitrogen and oxygen atoms in total. The first kappa shape index (κ1) is 19.4. The molecule has 0 fully saturated rings. The van der Waals surface area contributed by atoms with Gasteiger partial charge >= 0.3 is 0 Å². The largest absolute Gasteiger partial charge is 0.489 e. The molecule has 1 N–H and O–H groups in total. The first-order chi connectivity index (χ1) is 13.5. The van der Waals surface area contributed by atoms with Gasteiger partial charge in [-0.25, -0.2) is 8.78 Å². The molecule has 28 heavy (non-hydrogen) atoms. The fourth-order valence-electron chi connectivity index (χ4n) is 2.43. The van der Waals surface area contributed by atoms with Crippen molar-refractivity contribution in [3.8, 4) is 11.5 Å². The van der Waals surface area contributed by atoms with E-state index < -0.39 is 23.6 Å². The number of carbonyl (C=O) groups is 1. The second kappa shape index (κ2) is 8.99. The molecule has 0 spiro atoms. The average molecular weight is 383 g/mol. The van der Waals surface area contributed by atoms with Crippen LogP contribution in [0.25, 0.3) is 0 Å². The highest BCUT2D eigenvalue weighted by Crippen LogP contribution is 2.19. The molecule has 1 unspecified atom stereocenters. The lowest BCUT2D eigenvalue weighted by Crippen LogP contribution is -2.30. The van der Waals surface area contributed by atoms with Crippen LogP contribution in [0.15, 0.2) is 72.8 Å². The van der Waals surface area contributed by atoms with Crippen molar-refractivity contribution < 1.29 is 23.0 Å². The zero-order valence-electron chi connectivity index (χ0n) is 15.2. The quantitative estimate of drug-likeness (QED) is 0.628. The Balaban J connectivity index is 1.52. The summed E-state index contributed by atoms with van der Waals surface area (Å²) >= 11 is 0. The molecular weight excluding hydrogens is 364 g/mol. The van der Waals surface area contributed by atoms with Gasteiger partial charge in [0.15, 0.2) is 17.7 Å². The van der Waals surface area contributed by atoms with Gasteiger partial charge in [-0.05, 0) is 48.9 Å². The van der Waals surface area contributed by atoms with Crippen LogP contribution >= 0.6 is 0 Å². The maximum Gasteiger partial charge on any atom is 0.265 e. The van der Waals surface area contributed by atoms with E-state index in [4.69, 9.17) is 9.47 Å². The molecule has 0 aliphatic heterocycles. The summed E-state index contributed by atoms with van der Waals surface area (Å²) < 4.78 is 37.2. The van der Waals surface area contributed by atoms with Crippen LogP contribution in [0.3, 0.4) is 0 Å². The number of hydrogen-bond donors (Lipinski definition) is 1. The van der Waals surface area contributed by atoms with E-state index in [1.54, 1.807) is 24.3 Å². The summed E-state index contributed by atoms with van der Waals surface area (Å²) in [5.41, 5.74) is 1.63. The lowest BCUT2D eigenvalue weighted by molar-refractivity contribution is -0.122. The number of hydrogen-bond acceptors (Lipinski definition) is 3. The number of anilines is 1. The van der Waals surface area contributed by atoms with Gasteiger partial charge in [0.2, 0.25) is 0 Å². The number of ether oxygens (including phenoxy) is 2. The molecule has 0 aromatic heterocycles. The van der Waals surface area contributed by atoms with Crippen LogP contribution in [-0.2, 0) is 11.4 Å². The van der Waals surface area contributed by atoms with Crippen LogP contribution in [0, 0.1) is 11.6 Å². The molecule has 0 saturated carbocycles. The maximum atomic E-state index is 13.2. The number of halogens is 2. The highest BCUT2D eigenvalue weighted by molar-refractivity contribution is 5.94. The molecule has 1 atom stereocenters. The number of benzene rings is 3. The predicted molar refractivity (Wildman–Crippen MR) is 102 cm³/mol. The molecule has 0 heterocycles. The smallest absolute Gasteiger partial charge is 0.265 e. The molecule has 0 saturated heterocycles. The minimum absolute atomic E-state index is 0.0752. The monoisotopic (exact) mass is 383 g/mol. The van der Waals surface area contributed by atoms with Crippen LogP contribution in [0.2, 0.25) is 0 Å². The highest BCUT2D eigenvalue weighted by atomic mass is 19.2. The zero-order valence-corrected chi connectivity index (χ0v) is 15.2. The van der Waals surface area contributed by atoms with Crippen molar-refractivity contribution in [2.45, 2.75) is 19.6 Å². The van der Waals surface area contributed by atoms with Gasteiger partial charge in [-0.1, -0.05) is 30.3 Å². The van der Waals surface area contributed by atoms with E-state index in [1.165, 1.54) is 13.0 Å². The zero-order chi connectivity index (χ0) is 19.9. The fourth-order valence-corrected chi connectivity index (χ4v) is 2.43. The van der Waals surface area contributed by atoms with Crippen molar-refractivity contribution >= 4 is 11.6 Å². The summed E-state index contributed by atoms with van der Waals surface area (Å²) in [6, 6.07) is 19.8. The van der Waals surface area contributed by atoms with Crippen molar-refractivity contribution in [1.82, 2.24) is 0 Å². The third kappa shape index (κ3) is 5.30. The first-order valence-corrected chi connectivity index (χ1v) is 8.70. The van der Waals surface area contributed by atoms with E-state index in [9.17, 15) is 13.6 Å². The summed E-state index contributed by atoms with van der Waals surface area (Å²) in [4.78, 5) is 12.2. The van der Waals surface area contributed by atoms with Gasteiger partial charge in [-0.3, -0.25) is 4.79 Å². The molecule has 3 aromatic carbocycles. The van der Waals surface area contributed by atoms with E-state index in [1.807, 2.05) is 30.3 Å². The van der Waals surface area contributed by atoms with Crippen molar-refractivity contribution in [3.63, 3.8) is 0 Å². The Hall–Kier alpha value is -3.41. The fraction of sp³-hybridized carbons (Fsp3) is 0.136. The van der Waals surface area contributed by atoms with Crippen LogP contribution in [0.5, 0.6) is 11.5 Å². The van der Waals surface area contributed by atoms with E-state index in [-0.39, 0.29) is 5.75 Å². The topological polar surface area (TPSA) is 47.6 Å². The summed E-state index contributed by atoms with van der Waals surface area (Å²) in [6.45, 7) is 1.97. The van der Waals surface area contributed by atoms with Crippen LogP contribution in [0.4, 0.5) is 14.5 Å². The van der Waals surface area contributed by atoms with E-state index >= 15 is 0 Å². The van der Waals surface area contributed by atoms with E-state index in [0.717, 1.165) is 17.7 Å². The Bertz CT molecular complexity index is 930. The molecule has 144 valence electrons. The SMILES string of the molecule is CC(Oc1ccc(F)c(F)c1)C(=O)Nc1ccc(OCc2ccccc2)cc1. The standard InChI is InChI=1S/C22H19F2NO3/c1-15(28-19-11-12-20(23)21(24)13-19)22(26)25-17-7-9-18(10-8-17)27-14-16-5-3-2-4-6-16/h2-13,15H,14H2,1H3,(H,25,26). The van der Waals surface area contributed by atoms with Crippen molar-refractivity contribution in [3.05, 3.63) is 90.0 Å². The Kier molecular flexibility index (Phi) is 6.22. The van der Waals surface area contributed by atoms with Crippen molar-refractivity contribution in [2.24, 2.45) is 0 Å². The van der Waals surface area contributed by atoms with Gasteiger partial charge in [0.1, 0.15) is 18.1 Å². The lowest BCUT2D eigenvalue weighted by Gasteiger charge is -2.15. The van der Waals surface area contributed by atoms with Crippen molar-refractivity contribution in [1.29, 1.82) is 0 Å². The lowest BCUT2D eigenvalue weighted by atomic mass is 10.2. The first-order valence-electron chi connectivity index (χ1n) is 8.70. The summed E-state index contributed by atoms with van der Waals surface area (Å²) in [5.74, 6) is -1.67. The predicted octanol–water partition coefficient (Wildman–Crippen LogP) is 4.95. The third-order valence-corrected chi connectivity index (χ3v) is 3.94. The molecule has 0 aliphatic carbocycles. The van der Waals surface area contributed by atoms with E-state index in [0.29, 0.717) is 18.0 Å². The highest BCUT2D eigenvalue weighted by Gasteiger charge is 2.16. The van der Waals surface area contributed by atoms with Gasteiger partial charge in [0.25, 0.3) is 5.91 Å². The van der Waals surface area contributed by atoms with Gasteiger partial charge in [-0.15, -0.1) is 0 Å². The molecule has 0 radical (unpaired) electrons. The number of rotatable bonds is 7. The average Bonchev–Trinajstić information content (AvgIpc) is 2.71. The van der Waals surface area contributed by atoms with Gasteiger partial charge in [0.05, 0.1) is 0 Å². The van der Waals surface area contributed by atoms with Crippen LogP contribution < -0.4 is 14.8 Å². The number of amides is 1. The van der Waals surface area contributed by atoms with Gasteiger partial charge in [-0.2, -0.15) is 0 Å². The molecule has 6 heteroatoms. The second-order valence-electron chi connectivity index (χ2n) is 6.12. The van der Waals surface area contributed by atoms with Crippen LogP contribution in [-0.4, -0.2) is 12.0 Å². The number of nitrogens with one attached hydrogen (secondary N) is 1. The normalized spacial score (nSPS) is 11.5. The molecular formula is C22H19F2NO3. The Morgan fingerprint density at radius 3 is 2.29 bits per heavy atom. The number of carbonyl (C=O) groups excluding carboxylic acids is 1. The van der Waals surface area contributed by atoms with Gasteiger partial charge < -0.3 is 14.8 Å². The maximum absolute atomic E-state index is 13.2. The van der Waals surface area contributed by atoms with Crippen LogP contribution in [0.1, 0.15) is 12.5 Å². The Morgan fingerprint density at radius 1 is 0.929 bits per heavy atom. The molecule has 3 rings (SSSR count). The molecule has 0 bridgehead atoms. The molecule has 3 aromatic rings. The van der Waals surface area contributed by atoms with Gasteiger partial charge in [0, 0.05) is 11.8 Å². The summed E-state index contributed by atoms with van der Waals surface area (Å²) in [7, 11) is 0. The summed E-state index contributed by atoms with van der Waals surface area (Å²) in [5, 5.41) is 2.70. The summed E-state index contributed by atoms with van der Waals surface area (Å²) in [6.07, 6.45) is -0.890. The van der Waals surface area contributed by atoms with E-state index in [2.05, 4.69) is 5.32 Å². The molecule has 1 amide bonds. The Labute approximate surface area is 161 Å². The Morgan fingerprint density at radius 2 is 1.61 bits per heavy atom. The minimum Gasteiger partial charge on any atom is -0.489 e. The third-order valence-electron chi connectivity index (χ3n) is 3.94. The molecule has 0 aliphatic rings. The van der Waals surface area contributed by atoms with Crippen molar-refractivity contribution in [2.75, 3.05) is 5.32 Å². The minimum atomic E-state index is -1.03.